The standard InChI is InChI=1S/C26H50N8O7S/c1-13(2)12-18(23(38)34-20(15(5)35)24(39)33-19(14(3)4)25(40)41)32-22(37)17(8-7-10-30-26(28)29)31-21(36)16(27)9-11-42-6/h13-20,35H,7-12,27H2,1-6H3,(H,31,36)(H,32,37)(H,33,39)(H,34,38)(H,40,41)(H4,28,29,30)/t15-,16+,17+,18+,19+,20+/m1/s1. The summed E-state index contributed by atoms with van der Waals surface area (Å²) in [6.45, 7) is 8.33. The molecule has 0 unspecified atom stereocenters. The Hall–Kier alpha value is -3.11. The molecule has 0 bridgehead atoms. The molecule has 0 aliphatic rings. The number of hydrogen-bond acceptors (Lipinski definition) is 9. The molecule has 0 aromatic rings. The van der Waals surface area contributed by atoms with E-state index in [1.807, 2.05) is 20.1 Å². The molecule has 42 heavy (non-hydrogen) atoms. The molecule has 0 aliphatic heterocycles. The van der Waals surface area contributed by atoms with E-state index in [1.54, 1.807) is 13.8 Å². The molecule has 0 aromatic carbocycles. The van der Waals surface area contributed by atoms with Crippen LogP contribution >= 0.6 is 11.8 Å². The van der Waals surface area contributed by atoms with Crippen LogP contribution in [0.1, 0.15) is 60.3 Å². The average molecular weight is 619 g/mol. The normalized spacial score (nSPS) is 15.5. The minimum Gasteiger partial charge on any atom is -0.480 e. The Kier molecular flexibility index (Phi) is 18.4. The van der Waals surface area contributed by atoms with Crippen molar-refractivity contribution in [2.75, 3.05) is 18.6 Å². The molecule has 6 atom stereocenters. The van der Waals surface area contributed by atoms with Crippen molar-refractivity contribution >= 4 is 47.3 Å². The van der Waals surface area contributed by atoms with E-state index >= 15 is 0 Å². The van der Waals surface area contributed by atoms with Crippen LogP contribution in [0.25, 0.3) is 0 Å². The summed E-state index contributed by atoms with van der Waals surface area (Å²) in [6, 6.07) is -5.78. The van der Waals surface area contributed by atoms with Crippen LogP contribution in [-0.2, 0) is 24.0 Å². The number of rotatable bonds is 20. The predicted molar refractivity (Wildman–Crippen MR) is 162 cm³/mol. The smallest absolute Gasteiger partial charge is 0.326 e. The Morgan fingerprint density at radius 2 is 1.36 bits per heavy atom. The average Bonchev–Trinajstić information content (AvgIpc) is 2.88. The number of hydrogen-bond donors (Lipinski definition) is 9. The summed E-state index contributed by atoms with van der Waals surface area (Å²) in [4.78, 5) is 67.6. The Morgan fingerprint density at radius 3 is 1.83 bits per heavy atom. The van der Waals surface area contributed by atoms with Gasteiger partial charge in [0, 0.05) is 6.54 Å². The summed E-state index contributed by atoms with van der Waals surface area (Å²) in [7, 11) is 0. The van der Waals surface area contributed by atoms with Crippen molar-refractivity contribution in [2.45, 2.75) is 96.6 Å². The van der Waals surface area contributed by atoms with E-state index in [4.69, 9.17) is 17.2 Å². The summed E-state index contributed by atoms with van der Waals surface area (Å²) in [5.41, 5.74) is 16.7. The fourth-order valence-electron chi connectivity index (χ4n) is 3.82. The van der Waals surface area contributed by atoms with Gasteiger partial charge in [0.25, 0.3) is 0 Å². The van der Waals surface area contributed by atoms with Gasteiger partial charge >= 0.3 is 5.97 Å². The topological polar surface area (TPSA) is 264 Å². The molecular formula is C26H50N8O7S. The maximum atomic E-state index is 13.4. The molecule has 0 fully saturated rings. The monoisotopic (exact) mass is 618 g/mol. The van der Waals surface area contributed by atoms with Crippen LogP contribution in [0.3, 0.4) is 0 Å². The highest BCUT2D eigenvalue weighted by Crippen LogP contribution is 2.10. The highest BCUT2D eigenvalue weighted by atomic mass is 32.2. The van der Waals surface area contributed by atoms with E-state index < -0.39 is 71.8 Å². The first-order valence-electron chi connectivity index (χ1n) is 13.9. The molecule has 0 spiro atoms. The molecule has 0 saturated carbocycles. The largest absolute Gasteiger partial charge is 0.480 e. The van der Waals surface area contributed by atoms with E-state index in [0.29, 0.717) is 18.6 Å². The zero-order valence-corrected chi connectivity index (χ0v) is 26.2. The minimum absolute atomic E-state index is 0.0768. The number of guanidine groups is 1. The third kappa shape index (κ3) is 15.2. The summed E-state index contributed by atoms with van der Waals surface area (Å²) < 4.78 is 0. The van der Waals surface area contributed by atoms with Crippen LogP contribution in [0.2, 0.25) is 0 Å². The first-order chi connectivity index (χ1) is 19.5. The van der Waals surface area contributed by atoms with E-state index in [0.717, 1.165) is 0 Å². The fraction of sp³-hybridized carbons (Fsp3) is 0.769. The highest BCUT2D eigenvalue weighted by Gasteiger charge is 2.34. The lowest BCUT2D eigenvalue weighted by atomic mass is 10.0. The van der Waals surface area contributed by atoms with Gasteiger partial charge in [-0.25, -0.2) is 4.79 Å². The Bertz CT molecular complexity index is 928. The molecule has 15 nitrogen and oxygen atoms in total. The van der Waals surface area contributed by atoms with E-state index in [9.17, 15) is 34.2 Å². The van der Waals surface area contributed by atoms with Crippen LogP contribution in [0.5, 0.6) is 0 Å². The Labute approximate surface area is 251 Å². The van der Waals surface area contributed by atoms with E-state index in [-0.39, 0.29) is 31.3 Å². The van der Waals surface area contributed by atoms with Gasteiger partial charge in [-0.3, -0.25) is 24.2 Å². The molecule has 0 aromatic heterocycles. The fourth-order valence-corrected chi connectivity index (χ4v) is 4.31. The second-order valence-corrected chi connectivity index (χ2v) is 11.9. The number of carbonyl (C=O) groups is 5. The quantitative estimate of drug-likeness (QED) is 0.0418. The lowest BCUT2D eigenvalue weighted by Gasteiger charge is -2.28. The van der Waals surface area contributed by atoms with Gasteiger partial charge in [-0.15, -0.1) is 0 Å². The second kappa shape index (κ2) is 19.9. The van der Waals surface area contributed by atoms with Crippen molar-refractivity contribution in [3.63, 3.8) is 0 Å². The van der Waals surface area contributed by atoms with Crippen LogP contribution in [0.15, 0.2) is 4.99 Å². The van der Waals surface area contributed by atoms with Crippen molar-refractivity contribution < 1.29 is 34.2 Å². The van der Waals surface area contributed by atoms with Crippen LogP contribution < -0.4 is 38.5 Å². The number of aliphatic imine (C=N–C) groups is 1. The number of nitrogens with zero attached hydrogens (tertiary/aromatic N) is 1. The van der Waals surface area contributed by atoms with Crippen molar-refractivity contribution in [3.05, 3.63) is 0 Å². The molecule has 242 valence electrons. The van der Waals surface area contributed by atoms with Crippen LogP contribution in [0.4, 0.5) is 0 Å². The van der Waals surface area contributed by atoms with Gasteiger partial charge in [-0.1, -0.05) is 27.7 Å². The van der Waals surface area contributed by atoms with Crippen molar-refractivity contribution in [1.82, 2.24) is 21.3 Å². The number of thioether (sulfide) groups is 1. The Balaban J connectivity index is 5.86. The third-order valence-corrected chi connectivity index (χ3v) is 6.83. The number of aliphatic carboxylic acids is 1. The summed E-state index contributed by atoms with van der Waals surface area (Å²) in [5.74, 6) is -4.11. The number of carbonyl (C=O) groups excluding carboxylic acids is 4. The van der Waals surface area contributed by atoms with Crippen molar-refractivity contribution in [1.29, 1.82) is 0 Å². The molecule has 0 saturated heterocycles. The molecule has 12 N–H and O–H groups in total. The second-order valence-electron chi connectivity index (χ2n) is 10.9. The number of nitrogens with two attached hydrogens (primary N) is 3. The first-order valence-corrected chi connectivity index (χ1v) is 15.3. The van der Waals surface area contributed by atoms with Gasteiger partial charge in [-0.2, -0.15) is 11.8 Å². The third-order valence-electron chi connectivity index (χ3n) is 6.18. The molecule has 0 radical (unpaired) electrons. The molecular weight excluding hydrogens is 568 g/mol. The maximum absolute atomic E-state index is 13.4. The molecule has 0 rings (SSSR count). The lowest BCUT2D eigenvalue weighted by molar-refractivity contribution is -0.144. The summed E-state index contributed by atoms with van der Waals surface area (Å²) in [5, 5.41) is 29.7. The van der Waals surface area contributed by atoms with Gasteiger partial charge in [0.05, 0.1) is 12.1 Å². The molecule has 0 heterocycles. The van der Waals surface area contributed by atoms with Crippen molar-refractivity contribution in [2.24, 2.45) is 34.0 Å². The van der Waals surface area contributed by atoms with Gasteiger partial charge in [0.2, 0.25) is 23.6 Å². The summed E-state index contributed by atoms with van der Waals surface area (Å²) >= 11 is 1.53. The zero-order chi connectivity index (χ0) is 32.6. The number of aliphatic hydroxyl groups is 1. The SMILES string of the molecule is CSCC[C@H](N)C(=O)N[C@@H](CCCN=C(N)N)C(=O)N[C@@H](CC(C)C)C(=O)N[C@H](C(=O)N[C@H](C(=O)O)C(C)C)[C@@H](C)O. The predicted octanol–water partition coefficient (Wildman–Crippen LogP) is -1.77. The van der Waals surface area contributed by atoms with Crippen LogP contribution in [0, 0.1) is 11.8 Å². The van der Waals surface area contributed by atoms with Gasteiger partial charge < -0.3 is 48.7 Å². The number of amides is 4. The zero-order valence-electron chi connectivity index (χ0n) is 25.4. The van der Waals surface area contributed by atoms with Gasteiger partial charge in [-0.05, 0) is 56.5 Å². The Morgan fingerprint density at radius 1 is 0.810 bits per heavy atom. The number of aliphatic hydroxyl groups excluding tert-OH is 1. The van der Waals surface area contributed by atoms with E-state index in [1.165, 1.54) is 18.7 Å². The minimum atomic E-state index is -1.49. The number of nitrogens with one attached hydrogen (secondary N) is 4. The van der Waals surface area contributed by atoms with Crippen molar-refractivity contribution in [3.8, 4) is 0 Å². The van der Waals surface area contributed by atoms with Gasteiger partial charge in [0.1, 0.15) is 24.2 Å². The molecule has 16 heteroatoms. The lowest BCUT2D eigenvalue weighted by Crippen LogP contribution is -2.61. The first kappa shape index (κ1) is 38.9. The number of carboxylic acid groups (broad SMARTS) is 1. The van der Waals surface area contributed by atoms with E-state index in [2.05, 4.69) is 26.3 Å². The molecule has 4 amide bonds. The summed E-state index contributed by atoms with van der Waals surface area (Å²) in [6.07, 6.45) is 1.54. The number of carboxylic acids is 1. The maximum Gasteiger partial charge on any atom is 0.326 e. The van der Waals surface area contributed by atoms with Gasteiger partial charge in [0.15, 0.2) is 5.96 Å². The molecule has 0 aliphatic carbocycles. The van der Waals surface area contributed by atoms with Crippen LogP contribution in [-0.4, -0.2) is 101 Å². The highest BCUT2D eigenvalue weighted by molar-refractivity contribution is 7.98.